The number of nitrogens with one attached hydrogen (secondary N) is 1. The molecule has 3 rings (SSSR count). The second-order valence-corrected chi connectivity index (χ2v) is 11.4. The summed E-state index contributed by atoms with van der Waals surface area (Å²) < 4.78 is 34.9. The van der Waals surface area contributed by atoms with Crippen molar-refractivity contribution in [2.45, 2.75) is 45.1 Å². The molecule has 0 aliphatic carbocycles. The summed E-state index contributed by atoms with van der Waals surface area (Å²) in [5, 5.41) is 9.23. The van der Waals surface area contributed by atoms with Crippen molar-refractivity contribution in [3.63, 3.8) is 0 Å². The number of anilines is 1. The average molecular weight is 578 g/mol. The van der Waals surface area contributed by atoms with E-state index in [4.69, 9.17) is 10.5 Å². The highest BCUT2D eigenvalue weighted by atomic mass is 79.9. The number of hydrogen-bond acceptors (Lipinski definition) is 7. The Kier molecular flexibility index (Phi) is 8.70. The number of ether oxygens (including phenoxy) is 1. The summed E-state index contributed by atoms with van der Waals surface area (Å²) in [6.07, 6.45) is 0.742. The fourth-order valence-electron chi connectivity index (χ4n) is 3.76. The van der Waals surface area contributed by atoms with E-state index in [1.165, 1.54) is 18.2 Å². The van der Waals surface area contributed by atoms with Gasteiger partial charge in [0.05, 0.1) is 16.2 Å². The largest absolute Gasteiger partial charge is 0.478 e. The standard InChI is InChI=1S/C25H29BrN4O5S/c1-14(2)11-18(27)13-35-23-21(26)22(20-15(3)7-5-8-16(20)4)28-25(29-23)30-36(33,34)19-10-6-9-17(12-19)24(31)32/h5-10,12,14,18H,11,13,27H2,1-4H3,(H,31,32)(H,28,29,30)/t18-/m1/s1. The molecule has 4 N–H and O–H groups in total. The van der Waals surface area contributed by atoms with Gasteiger partial charge in [-0.05, 0) is 71.4 Å². The van der Waals surface area contributed by atoms with Gasteiger partial charge < -0.3 is 15.6 Å². The number of sulfonamides is 1. The zero-order valence-electron chi connectivity index (χ0n) is 20.4. The third-order valence-corrected chi connectivity index (χ3v) is 7.40. The molecule has 0 radical (unpaired) electrons. The summed E-state index contributed by atoms with van der Waals surface area (Å²) in [4.78, 5) is 19.9. The fraction of sp³-hybridized carbons (Fsp3) is 0.320. The molecule has 192 valence electrons. The average Bonchev–Trinajstić information content (AvgIpc) is 2.79. The van der Waals surface area contributed by atoms with Gasteiger partial charge >= 0.3 is 5.97 Å². The van der Waals surface area contributed by atoms with Crippen molar-refractivity contribution < 1.29 is 23.1 Å². The fourth-order valence-corrected chi connectivity index (χ4v) is 5.24. The van der Waals surface area contributed by atoms with E-state index in [1.54, 1.807) is 0 Å². The van der Waals surface area contributed by atoms with E-state index in [-0.39, 0.29) is 34.9 Å². The van der Waals surface area contributed by atoms with Crippen LogP contribution in [0.15, 0.2) is 51.8 Å². The van der Waals surface area contributed by atoms with Crippen molar-refractivity contribution in [1.29, 1.82) is 0 Å². The number of rotatable bonds is 10. The monoisotopic (exact) mass is 576 g/mol. The number of carboxylic acid groups (broad SMARTS) is 1. The molecule has 9 nitrogen and oxygen atoms in total. The van der Waals surface area contributed by atoms with Crippen molar-refractivity contribution >= 4 is 37.9 Å². The molecular weight excluding hydrogens is 548 g/mol. The summed E-state index contributed by atoms with van der Waals surface area (Å²) in [6, 6.07) is 10.6. The minimum Gasteiger partial charge on any atom is -0.478 e. The highest BCUT2D eigenvalue weighted by molar-refractivity contribution is 9.10. The van der Waals surface area contributed by atoms with Gasteiger partial charge in [-0.15, -0.1) is 0 Å². The second-order valence-electron chi connectivity index (χ2n) is 8.92. The Balaban J connectivity index is 2.07. The first-order chi connectivity index (χ1) is 16.9. The van der Waals surface area contributed by atoms with Crippen LogP contribution in [0.25, 0.3) is 11.3 Å². The molecule has 1 aromatic heterocycles. The molecule has 0 bridgehead atoms. The van der Waals surface area contributed by atoms with E-state index in [1.807, 2.05) is 32.0 Å². The Hall–Kier alpha value is -3.02. The number of aryl methyl sites for hydroxylation is 2. The third kappa shape index (κ3) is 6.59. The van der Waals surface area contributed by atoms with Gasteiger partial charge in [-0.1, -0.05) is 38.1 Å². The van der Waals surface area contributed by atoms with Gasteiger partial charge in [0, 0.05) is 11.6 Å². The topological polar surface area (TPSA) is 144 Å². The minimum absolute atomic E-state index is 0.138. The second kappa shape index (κ2) is 11.4. The molecule has 0 spiro atoms. The van der Waals surface area contributed by atoms with Crippen molar-refractivity contribution in [2.75, 3.05) is 11.3 Å². The first-order valence-electron chi connectivity index (χ1n) is 11.3. The Morgan fingerprint density at radius 2 is 1.78 bits per heavy atom. The van der Waals surface area contributed by atoms with Gasteiger partial charge in [0.25, 0.3) is 10.0 Å². The maximum absolute atomic E-state index is 13.1. The predicted octanol–water partition coefficient (Wildman–Crippen LogP) is 4.77. The lowest BCUT2D eigenvalue weighted by Crippen LogP contribution is -2.29. The van der Waals surface area contributed by atoms with Crippen LogP contribution in [-0.4, -0.2) is 42.1 Å². The zero-order valence-corrected chi connectivity index (χ0v) is 22.9. The number of carboxylic acids is 1. The van der Waals surface area contributed by atoms with Crippen molar-refractivity contribution in [3.8, 4) is 17.1 Å². The molecule has 0 amide bonds. The van der Waals surface area contributed by atoms with Crippen LogP contribution >= 0.6 is 15.9 Å². The van der Waals surface area contributed by atoms with Crippen molar-refractivity contribution in [3.05, 3.63) is 63.6 Å². The first kappa shape index (κ1) is 27.6. The van der Waals surface area contributed by atoms with E-state index in [9.17, 15) is 18.3 Å². The maximum atomic E-state index is 13.1. The Morgan fingerprint density at radius 3 is 2.39 bits per heavy atom. The van der Waals surface area contributed by atoms with Crippen LogP contribution in [0.4, 0.5) is 5.95 Å². The number of aromatic nitrogens is 2. The Bertz CT molecular complexity index is 1360. The number of nitrogens with two attached hydrogens (primary N) is 1. The van der Waals surface area contributed by atoms with Crippen molar-refractivity contribution in [1.82, 2.24) is 9.97 Å². The molecule has 0 saturated heterocycles. The molecule has 0 fully saturated rings. The number of benzene rings is 2. The molecule has 3 aromatic rings. The highest BCUT2D eigenvalue weighted by Gasteiger charge is 2.23. The number of carbonyl (C=O) groups is 1. The minimum atomic E-state index is -4.20. The zero-order chi connectivity index (χ0) is 26.6. The SMILES string of the molecule is Cc1cccc(C)c1-c1nc(NS(=O)(=O)c2cccc(C(=O)O)c2)nc(OC[C@H](N)CC(C)C)c1Br. The van der Waals surface area contributed by atoms with Crippen LogP contribution < -0.4 is 15.2 Å². The maximum Gasteiger partial charge on any atom is 0.335 e. The van der Waals surface area contributed by atoms with Crippen LogP contribution in [0.2, 0.25) is 0 Å². The van der Waals surface area contributed by atoms with Crippen LogP contribution in [0.5, 0.6) is 5.88 Å². The Labute approximate surface area is 219 Å². The van der Waals surface area contributed by atoms with E-state index in [0.29, 0.717) is 16.1 Å². The third-order valence-electron chi connectivity index (χ3n) is 5.36. The molecular formula is C25H29BrN4O5S. The molecule has 2 aromatic carbocycles. The van der Waals surface area contributed by atoms with E-state index in [0.717, 1.165) is 29.2 Å². The normalized spacial score (nSPS) is 12.4. The van der Waals surface area contributed by atoms with Gasteiger partial charge in [0.1, 0.15) is 11.1 Å². The summed E-state index contributed by atoms with van der Waals surface area (Å²) in [6.45, 7) is 8.15. The van der Waals surface area contributed by atoms with Gasteiger partial charge in [-0.25, -0.2) is 22.9 Å². The summed E-state index contributed by atoms with van der Waals surface area (Å²) >= 11 is 3.54. The van der Waals surface area contributed by atoms with Gasteiger partial charge in [-0.3, -0.25) is 0 Å². The molecule has 0 aliphatic heterocycles. The van der Waals surface area contributed by atoms with Gasteiger partial charge in [0.15, 0.2) is 0 Å². The molecule has 36 heavy (non-hydrogen) atoms. The molecule has 1 atom stereocenters. The number of halogens is 1. The first-order valence-corrected chi connectivity index (χ1v) is 13.5. The number of hydrogen-bond donors (Lipinski definition) is 3. The number of nitrogens with zero attached hydrogens (tertiary/aromatic N) is 2. The van der Waals surface area contributed by atoms with Crippen LogP contribution in [-0.2, 0) is 10.0 Å². The van der Waals surface area contributed by atoms with Crippen LogP contribution in [0, 0.1) is 19.8 Å². The van der Waals surface area contributed by atoms with Crippen LogP contribution in [0.1, 0.15) is 41.8 Å². The highest BCUT2D eigenvalue weighted by Crippen LogP contribution is 2.37. The van der Waals surface area contributed by atoms with E-state index < -0.39 is 16.0 Å². The lowest BCUT2D eigenvalue weighted by Gasteiger charge is -2.18. The van der Waals surface area contributed by atoms with Gasteiger partial charge in [0.2, 0.25) is 11.8 Å². The van der Waals surface area contributed by atoms with E-state index >= 15 is 0 Å². The molecule has 11 heteroatoms. The van der Waals surface area contributed by atoms with E-state index in [2.05, 4.69) is 44.5 Å². The number of aromatic carboxylic acids is 1. The summed E-state index contributed by atoms with van der Waals surface area (Å²) in [7, 11) is -4.20. The molecule has 0 aliphatic rings. The van der Waals surface area contributed by atoms with Gasteiger partial charge in [-0.2, -0.15) is 4.98 Å². The molecule has 0 unspecified atom stereocenters. The molecule has 1 heterocycles. The smallest absolute Gasteiger partial charge is 0.335 e. The quantitative estimate of drug-likeness (QED) is 0.313. The van der Waals surface area contributed by atoms with Crippen molar-refractivity contribution in [2.24, 2.45) is 11.7 Å². The summed E-state index contributed by atoms with van der Waals surface area (Å²) in [5.74, 6) is -0.938. The Morgan fingerprint density at radius 1 is 1.14 bits per heavy atom. The summed E-state index contributed by atoms with van der Waals surface area (Å²) in [5.41, 5.74) is 9.13. The molecule has 0 saturated carbocycles. The lowest BCUT2D eigenvalue weighted by atomic mass is 10.00. The lowest BCUT2D eigenvalue weighted by molar-refractivity contribution is 0.0696. The van der Waals surface area contributed by atoms with Crippen LogP contribution in [0.3, 0.4) is 0 Å². The predicted molar refractivity (Wildman–Crippen MR) is 142 cm³/mol.